The summed E-state index contributed by atoms with van der Waals surface area (Å²) in [7, 11) is 0. The van der Waals surface area contributed by atoms with E-state index in [1.54, 1.807) is 6.07 Å². The van der Waals surface area contributed by atoms with Crippen LogP contribution in [0.4, 0.5) is 4.39 Å². The minimum atomic E-state index is -0.529. The number of benzene rings is 2. The molecule has 0 radical (unpaired) electrons. The lowest BCUT2D eigenvalue weighted by Crippen LogP contribution is -1.89. The van der Waals surface area contributed by atoms with E-state index in [1.807, 2.05) is 54.6 Å². The van der Waals surface area contributed by atoms with Crippen molar-refractivity contribution in [1.82, 2.24) is 4.98 Å². The van der Waals surface area contributed by atoms with E-state index in [9.17, 15) is 4.39 Å². The molecule has 0 aliphatic heterocycles. The molecule has 0 spiro atoms. The minimum Gasteiger partial charge on any atom is -0.249 e. The Morgan fingerprint density at radius 3 is 2.44 bits per heavy atom. The van der Waals surface area contributed by atoms with Crippen LogP contribution in [0.2, 0.25) is 0 Å². The zero-order valence-electron chi connectivity index (χ0n) is 9.81. The van der Waals surface area contributed by atoms with Crippen LogP contribution in [-0.2, 0) is 6.67 Å². The number of hydrogen-bond acceptors (Lipinski definition) is 1. The first-order chi connectivity index (χ1) is 8.88. The first-order valence-corrected chi connectivity index (χ1v) is 5.88. The molecule has 0 bridgehead atoms. The Morgan fingerprint density at radius 2 is 1.67 bits per heavy atom. The molecule has 0 aliphatic carbocycles. The Labute approximate surface area is 105 Å². The third-order valence-electron chi connectivity index (χ3n) is 3.00. The van der Waals surface area contributed by atoms with E-state index in [1.165, 1.54) is 0 Å². The van der Waals surface area contributed by atoms with Gasteiger partial charge in [-0.1, -0.05) is 54.6 Å². The van der Waals surface area contributed by atoms with Gasteiger partial charge in [-0.3, -0.25) is 0 Å². The van der Waals surface area contributed by atoms with Crippen molar-refractivity contribution in [2.24, 2.45) is 0 Å². The fourth-order valence-electron chi connectivity index (χ4n) is 2.11. The molecule has 0 saturated heterocycles. The number of fused-ring (bicyclic) bond motifs is 1. The maximum atomic E-state index is 12.7. The lowest BCUT2D eigenvalue weighted by atomic mass is 10.0. The number of pyridine rings is 1. The summed E-state index contributed by atoms with van der Waals surface area (Å²) in [6.07, 6.45) is 0. The van der Waals surface area contributed by atoms with Crippen LogP contribution >= 0.6 is 0 Å². The van der Waals surface area contributed by atoms with E-state index in [0.717, 1.165) is 22.0 Å². The molecule has 2 heteroatoms. The van der Waals surface area contributed by atoms with Gasteiger partial charge in [0.25, 0.3) is 0 Å². The number of nitrogens with zero attached hydrogens (tertiary/aromatic N) is 1. The van der Waals surface area contributed by atoms with Crippen LogP contribution in [0.1, 0.15) is 5.69 Å². The Hall–Kier alpha value is -2.22. The average molecular weight is 237 g/mol. The van der Waals surface area contributed by atoms with Gasteiger partial charge in [0.05, 0.1) is 11.2 Å². The van der Waals surface area contributed by atoms with Gasteiger partial charge in [-0.2, -0.15) is 0 Å². The minimum absolute atomic E-state index is 0.478. The van der Waals surface area contributed by atoms with Crippen molar-refractivity contribution in [2.45, 2.75) is 6.67 Å². The van der Waals surface area contributed by atoms with Gasteiger partial charge in [0, 0.05) is 10.9 Å². The molecule has 0 unspecified atom stereocenters. The topological polar surface area (TPSA) is 12.9 Å². The van der Waals surface area contributed by atoms with Crippen molar-refractivity contribution in [2.75, 3.05) is 0 Å². The summed E-state index contributed by atoms with van der Waals surface area (Å²) in [5.41, 5.74) is 3.49. The van der Waals surface area contributed by atoms with Gasteiger partial charge >= 0.3 is 0 Å². The lowest BCUT2D eigenvalue weighted by Gasteiger charge is -2.07. The lowest BCUT2D eigenvalue weighted by molar-refractivity contribution is 0.477. The number of alkyl halides is 1. The van der Waals surface area contributed by atoms with Gasteiger partial charge in [0.15, 0.2) is 0 Å². The molecule has 0 amide bonds. The van der Waals surface area contributed by atoms with Gasteiger partial charge in [-0.25, -0.2) is 9.37 Å². The molecule has 1 heterocycles. The largest absolute Gasteiger partial charge is 0.249 e. The van der Waals surface area contributed by atoms with Crippen LogP contribution in [0.15, 0.2) is 60.7 Å². The summed E-state index contributed by atoms with van der Waals surface area (Å²) in [5, 5.41) is 1.04. The third kappa shape index (κ3) is 1.86. The van der Waals surface area contributed by atoms with E-state index in [0.29, 0.717) is 5.69 Å². The van der Waals surface area contributed by atoms with E-state index in [4.69, 9.17) is 0 Å². The van der Waals surface area contributed by atoms with Crippen LogP contribution in [0.3, 0.4) is 0 Å². The second kappa shape index (κ2) is 4.57. The molecule has 0 saturated carbocycles. The molecule has 3 rings (SSSR count). The smallest absolute Gasteiger partial charge is 0.131 e. The van der Waals surface area contributed by atoms with Crippen LogP contribution < -0.4 is 0 Å². The standard InChI is InChI=1S/C16H12FN/c17-11-14-10-9-13-7-4-8-15(16(13)18-14)12-5-2-1-3-6-12/h1-10H,11H2. The fourth-order valence-corrected chi connectivity index (χ4v) is 2.11. The molecule has 88 valence electrons. The van der Waals surface area contributed by atoms with Crippen molar-refractivity contribution in [3.8, 4) is 11.1 Å². The number of hydrogen-bond donors (Lipinski definition) is 0. The van der Waals surface area contributed by atoms with Gasteiger partial charge in [-0.15, -0.1) is 0 Å². The molecule has 1 nitrogen and oxygen atoms in total. The van der Waals surface area contributed by atoms with Crippen molar-refractivity contribution < 1.29 is 4.39 Å². The molecule has 0 fully saturated rings. The molecule has 3 aromatic rings. The Kier molecular flexibility index (Phi) is 2.77. The number of aromatic nitrogens is 1. The first kappa shape index (κ1) is 10.9. The molecule has 18 heavy (non-hydrogen) atoms. The Bertz CT molecular complexity index is 677. The molecular formula is C16H12FN. The number of para-hydroxylation sites is 1. The highest BCUT2D eigenvalue weighted by Crippen LogP contribution is 2.27. The van der Waals surface area contributed by atoms with E-state index < -0.39 is 6.67 Å². The summed E-state index contributed by atoms with van der Waals surface area (Å²) in [4.78, 5) is 4.40. The monoisotopic (exact) mass is 237 g/mol. The fraction of sp³-hybridized carbons (Fsp3) is 0.0625. The average Bonchev–Trinajstić information content (AvgIpc) is 2.47. The SMILES string of the molecule is FCc1ccc2cccc(-c3ccccc3)c2n1. The van der Waals surface area contributed by atoms with Crippen LogP contribution in [-0.4, -0.2) is 4.98 Å². The Balaban J connectivity index is 2.29. The second-order valence-electron chi connectivity index (χ2n) is 4.18. The summed E-state index contributed by atoms with van der Waals surface area (Å²) in [6, 6.07) is 19.7. The van der Waals surface area contributed by atoms with Crippen molar-refractivity contribution in [3.05, 3.63) is 66.4 Å². The van der Waals surface area contributed by atoms with Crippen LogP contribution in [0.5, 0.6) is 0 Å². The highest BCUT2D eigenvalue weighted by atomic mass is 19.1. The van der Waals surface area contributed by atoms with E-state index in [-0.39, 0.29) is 0 Å². The van der Waals surface area contributed by atoms with Crippen molar-refractivity contribution in [3.63, 3.8) is 0 Å². The maximum absolute atomic E-state index is 12.7. The quantitative estimate of drug-likeness (QED) is 0.645. The van der Waals surface area contributed by atoms with E-state index >= 15 is 0 Å². The Morgan fingerprint density at radius 1 is 0.833 bits per heavy atom. The third-order valence-corrected chi connectivity index (χ3v) is 3.00. The molecular weight excluding hydrogens is 225 g/mol. The first-order valence-electron chi connectivity index (χ1n) is 5.88. The normalized spacial score (nSPS) is 10.7. The van der Waals surface area contributed by atoms with Gasteiger partial charge in [0.1, 0.15) is 6.67 Å². The van der Waals surface area contributed by atoms with Gasteiger partial charge < -0.3 is 0 Å². The van der Waals surface area contributed by atoms with Gasteiger partial charge in [-0.05, 0) is 11.6 Å². The summed E-state index contributed by atoms with van der Waals surface area (Å²) < 4.78 is 12.7. The van der Waals surface area contributed by atoms with E-state index in [2.05, 4.69) is 4.98 Å². The van der Waals surface area contributed by atoms with Crippen LogP contribution in [0, 0.1) is 0 Å². The van der Waals surface area contributed by atoms with Gasteiger partial charge in [0.2, 0.25) is 0 Å². The van der Waals surface area contributed by atoms with Crippen molar-refractivity contribution >= 4 is 10.9 Å². The highest BCUT2D eigenvalue weighted by Gasteiger charge is 2.05. The zero-order valence-corrected chi connectivity index (χ0v) is 9.81. The maximum Gasteiger partial charge on any atom is 0.131 e. The predicted molar refractivity (Wildman–Crippen MR) is 72.0 cm³/mol. The number of rotatable bonds is 2. The molecule has 0 atom stereocenters. The molecule has 0 aliphatic rings. The summed E-state index contributed by atoms with van der Waals surface area (Å²) in [6.45, 7) is -0.529. The summed E-state index contributed by atoms with van der Waals surface area (Å²) >= 11 is 0. The summed E-state index contributed by atoms with van der Waals surface area (Å²) in [5.74, 6) is 0. The van der Waals surface area contributed by atoms with Crippen molar-refractivity contribution in [1.29, 1.82) is 0 Å². The zero-order chi connectivity index (χ0) is 12.4. The van der Waals surface area contributed by atoms with Crippen LogP contribution in [0.25, 0.3) is 22.0 Å². The second-order valence-corrected chi connectivity index (χ2v) is 4.18. The highest BCUT2D eigenvalue weighted by molar-refractivity contribution is 5.93. The predicted octanol–water partition coefficient (Wildman–Crippen LogP) is 4.37. The number of halogens is 1. The molecule has 0 N–H and O–H groups in total. The molecule has 2 aromatic carbocycles. The molecule has 1 aromatic heterocycles.